The highest BCUT2D eigenvalue weighted by atomic mass is 79.9. The van der Waals surface area contributed by atoms with E-state index in [9.17, 15) is 14.4 Å². The molecule has 5 rings (SSSR count). The van der Waals surface area contributed by atoms with Gasteiger partial charge in [0.15, 0.2) is 0 Å². The van der Waals surface area contributed by atoms with Crippen LogP contribution < -0.4 is 10.2 Å². The summed E-state index contributed by atoms with van der Waals surface area (Å²) < 4.78 is 0.886. The predicted octanol–water partition coefficient (Wildman–Crippen LogP) is 5.34. The normalized spacial score (nSPS) is 13.0. The molecule has 7 heteroatoms. The molecule has 4 aromatic rings. The first-order valence-corrected chi connectivity index (χ1v) is 13.4. The lowest BCUT2D eigenvalue weighted by molar-refractivity contribution is -0.140. The van der Waals surface area contributed by atoms with Gasteiger partial charge < -0.3 is 10.2 Å². The van der Waals surface area contributed by atoms with E-state index in [1.165, 1.54) is 4.90 Å². The van der Waals surface area contributed by atoms with Crippen molar-refractivity contribution in [2.45, 2.75) is 25.9 Å². The third-order valence-corrected chi connectivity index (χ3v) is 7.30. The Morgan fingerprint density at radius 3 is 2.37 bits per heavy atom. The minimum absolute atomic E-state index is 0.161. The molecule has 0 unspecified atom stereocenters. The number of halogens is 1. The van der Waals surface area contributed by atoms with Crippen molar-refractivity contribution in [3.05, 3.63) is 112 Å². The average Bonchev–Trinajstić information content (AvgIpc) is 3.19. The molecule has 3 amide bonds. The molecule has 1 aliphatic heterocycles. The van der Waals surface area contributed by atoms with E-state index in [4.69, 9.17) is 0 Å². The molecule has 0 saturated carbocycles. The lowest BCUT2D eigenvalue weighted by atomic mass is 10.0. The number of carbonyl (C=O) groups is 3. The van der Waals surface area contributed by atoms with Crippen LogP contribution in [-0.2, 0) is 22.6 Å². The molecule has 0 spiro atoms. The maximum Gasteiger partial charge on any atom is 0.259 e. The summed E-state index contributed by atoms with van der Waals surface area (Å²) in [5, 5.41) is 4.72. The Morgan fingerprint density at radius 1 is 0.921 bits per heavy atom. The van der Waals surface area contributed by atoms with Crippen molar-refractivity contribution >= 4 is 50.1 Å². The van der Waals surface area contributed by atoms with Gasteiger partial charge in [-0.3, -0.25) is 19.3 Å². The van der Waals surface area contributed by atoms with E-state index in [1.54, 1.807) is 11.0 Å². The smallest absolute Gasteiger partial charge is 0.259 e. The van der Waals surface area contributed by atoms with Crippen LogP contribution in [0.4, 0.5) is 5.69 Å². The van der Waals surface area contributed by atoms with Gasteiger partial charge in [-0.1, -0.05) is 82.7 Å². The zero-order valence-corrected chi connectivity index (χ0v) is 22.6. The summed E-state index contributed by atoms with van der Waals surface area (Å²) >= 11 is 3.51. The molecule has 0 aliphatic carbocycles. The summed E-state index contributed by atoms with van der Waals surface area (Å²) in [4.78, 5) is 44.0. The molecule has 0 bridgehead atoms. The monoisotopic (exact) mass is 569 g/mol. The van der Waals surface area contributed by atoms with E-state index in [-0.39, 0.29) is 30.8 Å². The molecule has 0 fully saturated rings. The van der Waals surface area contributed by atoms with E-state index >= 15 is 0 Å². The first kappa shape index (κ1) is 25.7. The van der Waals surface area contributed by atoms with Crippen LogP contribution in [0.2, 0.25) is 0 Å². The average molecular weight is 570 g/mol. The lowest BCUT2D eigenvalue weighted by Crippen LogP contribution is -2.53. The largest absolute Gasteiger partial charge is 0.355 e. The van der Waals surface area contributed by atoms with Gasteiger partial charge in [-0.2, -0.15) is 0 Å². The van der Waals surface area contributed by atoms with Gasteiger partial charge in [0.25, 0.3) is 5.91 Å². The number of likely N-dealkylation sites (N-methyl/N-ethyl adjacent to an activating group) is 1. The molecule has 6 nitrogen and oxygen atoms in total. The topological polar surface area (TPSA) is 69.7 Å². The summed E-state index contributed by atoms with van der Waals surface area (Å²) in [5.74, 6) is -0.724. The maximum atomic E-state index is 14.1. The fourth-order valence-corrected chi connectivity index (χ4v) is 5.49. The molecule has 38 heavy (non-hydrogen) atoms. The van der Waals surface area contributed by atoms with Crippen LogP contribution in [0.3, 0.4) is 0 Å². The van der Waals surface area contributed by atoms with Gasteiger partial charge in [0, 0.05) is 34.9 Å². The van der Waals surface area contributed by atoms with Gasteiger partial charge in [-0.05, 0) is 47.7 Å². The summed E-state index contributed by atoms with van der Waals surface area (Å²) in [7, 11) is 0. The van der Waals surface area contributed by atoms with Crippen LogP contribution in [0.15, 0.2) is 95.5 Å². The molecule has 1 N–H and O–H groups in total. The summed E-state index contributed by atoms with van der Waals surface area (Å²) in [6.45, 7) is 2.38. The van der Waals surface area contributed by atoms with Crippen molar-refractivity contribution < 1.29 is 14.4 Å². The predicted molar refractivity (Wildman–Crippen MR) is 153 cm³/mol. The first-order valence-electron chi connectivity index (χ1n) is 12.7. The molecule has 0 aromatic heterocycles. The minimum Gasteiger partial charge on any atom is -0.355 e. The Morgan fingerprint density at radius 2 is 1.63 bits per heavy atom. The molecule has 1 aliphatic rings. The van der Waals surface area contributed by atoms with Crippen molar-refractivity contribution in [3.8, 4) is 0 Å². The summed E-state index contributed by atoms with van der Waals surface area (Å²) in [5.41, 5.74) is 3.14. The highest BCUT2D eigenvalue weighted by Gasteiger charge is 2.35. The second kappa shape index (κ2) is 11.2. The number of hydrogen-bond donors (Lipinski definition) is 1. The number of nitrogens with one attached hydrogen (secondary N) is 1. The maximum absolute atomic E-state index is 14.1. The number of rotatable bonds is 9. The summed E-state index contributed by atoms with van der Waals surface area (Å²) in [6.07, 6.45) is 0.357. The van der Waals surface area contributed by atoms with Gasteiger partial charge in [0.1, 0.15) is 12.6 Å². The zero-order chi connectivity index (χ0) is 26.6. The molecular formula is C31H28BrN3O3. The van der Waals surface area contributed by atoms with Gasteiger partial charge in [0.05, 0.1) is 5.69 Å². The Labute approximate surface area is 230 Å². The van der Waals surface area contributed by atoms with Crippen LogP contribution >= 0.6 is 15.9 Å². The van der Waals surface area contributed by atoms with E-state index in [2.05, 4.69) is 21.2 Å². The fraction of sp³-hybridized carbons (Fsp3) is 0.194. The number of amides is 3. The van der Waals surface area contributed by atoms with Crippen molar-refractivity contribution in [2.75, 3.05) is 18.0 Å². The van der Waals surface area contributed by atoms with Gasteiger partial charge >= 0.3 is 0 Å². The quantitative estimate of drug-likeness (QED) is 0.296. The third-order valence-electron chi connectivity index (χ3n) is 6.81. The fourth-order valence-electron chi connectivity index (χ4n) is 5.04. The Kier molecular flexibility index (Phi) is 7.56. The number of nitrogens with zero attached hydrogens (tertiary/aromatic N) is 2. The van der Waals surface area contributed by atoms with Crippen molar-refractivity contribution in [1.29, 1.82) is 0 Å². The van der Waals surface area contributed by atoms with Crippen LogP contribution in [0.5, 0.6) is 0 Å². The van der Waals surface area contributed by atoms with Crippen LogP contribution in [0.25, 0.3) is 10.8 Å². The van der Waals surface area contributed by atoms with E-state index < -0.39 is 6.04 Å². The molecule has 4 aromatic carbocycles. The lowest BCUT2D eigenvalue weighted by Gasteiger charge is -2.33. The van der Waals surface area contributed by atoms with Crippen molar-refractivity contribution in [1.82, 2.24) is 10.2 Å². The second-order valence-corrected chi connectivity index (χ2v) is 10.2. The Balaban J connectivity index is 1.51. The van der Waals surface area contributed by atoms with Crippen molar-refractivity contribution in [2.24, 2.45) is 0 Å². The SMILES string of the molecule is CCNC(=O)[C@@H](Cc1ccccc1)N(Cc1cccc(Br)c1)C(=O)CN1C(=O)c2cccc3cccc1c23. The number of carbonyl (C=O) groups excluding carboxylic acids is 3. The van der Waals surface area contributed by atoms with Crippen LogP contribution in [0.1, 0.15) is 28.4 Å². The second-order valence-electron chi connectivity index (χ2n) is 9.32. The molecular weight excluding hydrogens is 542 g/mol. The Hall–Kier alpha value is -3.97. The number of benzene rings is 4. The first-order chi connectivity index (χ1) is 18.5. The minimum atomic E-state index is -0.750. The van der Waals surface area contributed by atoms with E-state index in [0.717, 1.165) is 32.1 Å². The van der Waals surface area contributed by atoms with E-state index in [0.29, 0.717) is 18.5 Å². The Bertz CT molecular complexity index is 1500. The van der Waals surface area contributed by atoms with Gasteiger partial charge in [-0.15, -0.1) is 0 Å². The third kappa shape index (κ3) is 5.20. The van der Waals surface area contributed by atoms with Gasteiger partial charge in [-0.25, -0.2) is 0 Å². The van der Waals surface area contributed by atoms with Crippen LogP contribution in [-0.4, -0.2) is 41.8 Å². The summed E-state index contributed by atoms with van der Waals surface area (Å²) in [6, 6.07) is 28.0. The van der Waals surface area contributed by atoms with Crippen molar-refractivity contribution in [3.63, 3.8) is 0 Å². The number of hydrogen-bond acceptors (Lipinski definition) is 3. The molecule has 0 saturated heterocycles. The van der Waals surface area contributed by atoms with E-state index in [1.807, 2.05) is 91.9 Å². The molecule has 0 radical (unpaired) electrons. The molecule has 1 atom stereocenters. The number of anilines is 1. The van der Waals surface area contributed by atoms with Crippen LogP contribution in [0, 0.1) is 0 Å². The standard InChI is InChI=1S/C31H28BrN3O3/c1-2-33-30(37)27(18-21-9-4-3-5-10-21)34(19-22-11-6-14-24(32)17-22)28(36)20-35-26-16-8-13-23-12-7-15-25(29(23)26)31(35)38/h3-17,27H,2,18-20H2,1H3,(H,33,37)/t27-/m1/s1. The molecule has 1 heterocycles. The highest BCUT2D eigenvalue weighted by molar-refractivity contribution is 9.10. The zero-order valence-electron chi connectivity index (χ0n) is 21.1. The highest BCUT2D eigenvalue weighted by Crippen LogP contribution is 2.37. The molecule has 192 valence electrons. The van der Waals surface area contributed by atoms with Gasteiger partial charge in [0.2, 0.25) is 11.8 Å².